The number of carbonyl (C=O) groups is 2. The topological polar surface area (TPSA) is 69.6 Å². The van der Waals surface area contributed by atoms with Gasteiger partial charge in [-0.2, -0.15) is 11.8 Å². The van der Waals surface area contributed by atoms with Gasteiger partial charge in [-0.3, -0.25) is 4.79 Å². The van der Waals surface area contributed by atoms with Crippen LogP contribution < -0.4 is 5.32 Å². The van der Waals surface area contributed by atoms with Gasteiger partial charge in [0.2, 0.25) is 0 Å². The minimum absolute atomic E-state index is 0.0551. The molecule has 3 unspecified atom stereocenters. The summed E-state index contributed by atoms with van der Waals surface area (Å²) in [4.78, 5) is 25.4. The first-order valence-electron chi connectivity index (χ1n) is 8.42. The number of carboxylic acids is 1. The minimum Gasteiger partial charge on any atom is -0.481 e. The predicted molar refractivity (Wildman–Crippen MR) is 97.4 cm³/mol. The summed E-state index contributed by atoms with van der Waals surface area (Å²) in [5.41, 5.74) is 1.10. The van der Waals surface area contributed by atoms with Crippen LogP contribution in [0.4, 0.5) is 4.79 Å². The van der Waals surface area contributed by atoms with E-state index in [4.69, 9.17) is 5.11 Å². The summed E-state index contributed by atoms with van der Waals surface area (Å²) in [5, 5.41) is 12.4. The zero-order chi connectivity index (χ0) is 17.5. The quantitative estimate of drug-likeness (QED) is 0.827. The average molecular weight is 350 g/mol. The minimum atomic E-state index is -0.835. The zero-order valence-electron chi connectivity index (χ0n) is 14.3. The SMILES string of the molecule is CC1SCCN(C(=O)NC(CCC(=O)O)Cc2ccccc2)C1C. The van der Waals surface area contributed by atoms with Crippen molar-refractivity contribution in [3.63, 3.8) is 0 Å². The maximum absolute atomic E-state index is 12.7. The van der Waals surface area contributed by atoms with Crippen molar-refractivity contribution in [3.05, 3.63) is 35.9 Å². The fraction of sp³-hybridized carbons (Fsp3) is 0.556. The Morgan fingerprint density at radius 2 is 2.04 bits per heavy atom. The zero-order valence-corrected chi connectivity index (χ0v) is 15.1. The van der Waals surface area contributed by atoms with Gasteiger partial charge in [-0.15, -0.1) is 0 Å². The predicted octanol–water partition coefficient (Wildman–Crippen LogP) is 3.00. The van der Waals surface area contributed by atoms with Crippen LogP contribution in [-0.2, 0) is 11.2 Å². The lowest BCUT2D eigenvalue weighted by Gasteiger charge is -2.38. The van der Waals surface area contributed by atoms with Crippen molar-refractivity contribution in [1.82, 2.24) is 10.2 Å². The van der Waals surface area contributed by atoms with Gasteiger partial charge in [-0.1, -0.05) is 37.3 Å². The first-order chi connectivity index (χ1) is 11.5. The Balaban J connectivity index is 2.00. The molecule has 0 bridgehead atoms. The first-order valence-corrected chi connectivity index (χ1v) is 9.46. The highest BCUT2D eigenvalue weighted by atomic mass is 32.2. The van der Waals surface area contributed by atoms with Crippen LogP contribution in [0.1, 0.15) is 32.3 Å². The lowest BCUT2D eigenvalue weighted by Crippen LogP contribution is -2.54. The van der Waals surface area contributed by atoms with Crippen molar-refractivity contribution in [2.45, 2.75) is 50.4 Å². The van der Waals surface area contributed by atoms with Crippen LogP contribution in [0.15, 0.2) is 30.3 Å². The summed E-state index contributed by atoms with van der Waals surface area (Å²) in [7, 11) is 0. The molecule has 0 saturated carbocycles. The highest BCUT2D eigenvalue weighted by Gasteiger charge is 2.29. The average Bonchev–Trinajstić information content (AvgIpc) is 2.56. The summed E-state index contributed by atoms with van der Waals surface area (Å²) in [6, 6.07) is 9.79. The number of hydrogen-bond donors (Lipinski definition) is 2. The Bertz CT molecular complexity index is 552. The van der Waals surface area contributed by atoms with Crippen LogP contribution in [0.5, 0.6) is 0 Å². The van der Waals surface area contributed by atoms with Gasteiger partial charge in [0.25, 0.3) is 0 Å². The van der Waals surface area contributed by atoms with Crippen LogP contribution in [0.2, 0.25) is 0 Å². The largest absolute Gasteiger partial charge is 0.481 e. The van der Waals surface area contributed by atoms with Gasteiger partial charge in [0.05, 0.1) is 0 Å². The van der Waals surface area contributed by atoms with Gasteiger partial charge in [-0.25, -0.2) is 4.79 Å². The van der Waals surface area contributed by atoms with Crippen LogP contribution in [0.25, 0.3) is 0 Å². The molecular weight excluding hydrogens is 324 g/mol. The molecule has 3 atom stereocenters. The van der Waals surface area contributed by atoms with Gasteiger partial charge < -0.3 is 15.3 Å². The third-order valence-corrected chi connectivity index (χ3v) is 5.84. The molecule has 1 heterocycles. The molecule has 5 nitrogen and oxygen atoms in total. The molecule has 132 valence electrons. The number of nitrogens with zero attached hydrogens (tertiary/aromatic N) is 1. The number of rotatable bonds is 6. The first kappa shape index (κ1) is 18.6. The molecule has 2 amide bonds. The normalized spacial score (nSPS) is 22.0. The lowest BCUT2D eigenvalue weighted by atomic mass is 10.0. The molecule has 0 aromatic heterocycles. The molecule has 24 heavy (non-hydrogen) atoms. The van der Waals surface area contributed by atoms with E-state index < -0.39 is 5.97 Å². The van der Waals surface area contributed by atoms with E-state index >= 15 is 0 Å². The number of amides is 2. The number of thioether (sulfide) groups is 1. The summed E-state index contributed by atoms with van der Waals surface area (Å²) in [6.07, 6.45) is 1.13. The van der Waals surface area contributed by atoms with Gasteiger partial charge in [0, 0.05) is 36.1 Å². The van der Waals surface area contributed by atoms with E-state index in [9.17, 15) is 9.59 Å². The standard InChI is InChI=1S/C18H26N2O3S/c1-13-14(2)24-11-10-20(13)18(23)19-16(8-9-17(21)22)12-15-6-4-3-5-7-15/h3-7,13-14,16H,8-12H2,1-2H3,(H,19,23)(H,21,22). The number of benzene rings is 1. The number of urea groups is 1. The summed E-state index contributed by atoms with van der Waals surface area (Å²) in [6.45, 7) is 4.94. The van der Waals surface area contributed by atoms with Crippen molar-refractivity contribution in [1.29, 1.82) is 0 Å². The molecule has 1 fully saturated rings. The third kappa shape index (κ3) is 5.44. The van der Waals surface area contributed by atoms with E-state index in [2.05, 4.69) is 19.2 Å². The maximum Gasteiger partial charge on any atom is 0.317 e. The van der Waals surface area contributed by atoms with Gasteiger partial charge in [-0.05, 0) is 25.3 Å². The van der Waals surface area contributed by atoms with Crippen molar-refractivity contribution >= 4 is 23.8 Å². The fourth-order valence-electron chi connectivity index (χ4n) is 2.90. The van der Waals surface area contributed by atoms with Crippen molar-refractivity contribution < 1.29 is 14.7 Å². The van der Waals surface area contributed by atoms with Crippen LogP contribution >= 0.6 is 11.8 Å². The molecule has 1 aliphatic rings. The van der Waals surface area contributed by atoms with Crippen LogP contribution in [0.3, 0.4) is 0 Å². The molecule has 1 aromatic rings. The van der Waals surface area contributed by atoms with Gasteiger partial charge >= 0.3 is 12.0 Å². The molecule has 1 aromatic carbocycles. The number of carbonyl (C=O) groups excluding carboxylic acids is 1. The summed E-state index contributed by atoms with van der Waals surface area (Å²) in [5.74, 6) is 0.107. The summed E-state index contributed by atoms with van der Waals surface area (Å²) >= 11 is 1.88. The Morgan fingerprint density at radius 3 is 2.71 bits per heavy atom. The molecule has 0 aliphatic carbocycles. The Labute approximate surface area is 147 Å². The number of nitrogens with one attached hydrogen (secondary N) is 1. The smallest absolute Gasteiger partial charge is 0.317 e. The second-order valence-electron chi connectivity index (χ2n) is 6.28. The van der Waals surface area contributed by atoms with Gasteiger partial charge in [0.15, 0.2) is 0 Å². The number of hydrogen-bond acceptors (Lipinski definition) is 3. The molecule has 6 heteroatoms. The van der Waals surface area contributed by atoms with E-state index in [0.717, 1.165) is 17.9 Å². The molecule has 1 aliphatic heterocycles. The highest BCUT2D eigenvalue weighted by molar-refractivity contribution is 8.00. The summed E-state index contributed by atoms with van der Waals surface area (Å²) < 4.78 is 0. The van der Waals surface area contributed by atoms with E-state index in [1.807, 2.05) is 47.0 Å². The second-order valence-corrected chi connectivity index (χ2v) is 7.76. The number of carboxylic acid groups (broad SMARTS) is 1. The van der Waals surface area contributed by atoms with Crippen LogP contribution in [0, 0.1) is 0 Å². The van der Waals surface area contributed by atoms with Crippen molar-refractivity contribution in [2.24, 2.45) is 0 Å². The van der Waals surface area contributed by atoms with E-state index in [1.165, 1.54) is 0 Å². The van der Waals surface area contributed by atoms with E-state index in [1.54, 1.807) is 0 Å². The third-order valence-electron chi connectivity index (χ3n) is 4.50. The van der Waals surface area contributed by atoms with Crippen molar-refractivity contribution in [2.75, 3.05) is 12.3 Å². The lowest BCUT2D eigenvalue weighted by molar-refractivity contribution is -0.137. The number of aliphatic carboxylic acids is 1. The Morgan fingerprint density at radius 1 is 1.33 bits per heavy atom. The Hall–Kier alpha value is -1.69. The Kier molecular flexibility index (Phi) is 6.97. The fourth-order valence-corrected chi connectivity index (χ4v) is 4.00. The van der Waals surface area contributed by atoms with Crippen LogP contribution in [-0.4, -0.2) is 51.6 Å². The molecule has 2 N–H and O–H groups in total. The molecule has 2 rings (SSSR count). The second kappa shape index (κ2) is 8.97. The molecule has 0 spiro atoms. The van der Waals surface area contributed by atoms with E-state index in [0.29, 0.717) is 18.1 Å². The molecule has 0 radical (unpaired) electrons. The van der Waals surface area contributed by atoms with E-state index in [-0.39, 0.29) is 24.5 Å². The molecule has 1 saturated heterocycles. The molecular formula is C18H26N2O3S. The maximum atomic E-state index is 12.7. The highest BCUT2D eigenvalue weighted by Crippen LogP contribution is 2.24. The van der Waals surface area contributed by atoms with Gasteiger partial charge in [0.1, 0.15) is 0 Å². The van der Waals surface area contributed by atoms with Crippen molar-refractivity contribution in [3.8, 4) is 0 Å². The monoisotopic (exact) mass is 350 g/mol.